The quantitative estimate of drug-likeness (QED) is 0.908. The van der Waals surface area contributed by atoms with Crippen LogP contribution in [0.4, 0.5) is 11.8 Å². The summed E-state index contributed by atoms with van der Waals surface area (Å²) in [7, 11) is 1.78. The van der Waals surface area contributed by atoms with Gasteiger partial charge in [-0.25, -0.2) is 4.98 Å². The predicted octanol–water partition coefficient (Wildman–Crippen LogP) is 2.79. The van der Waals surface area contributed by atoms with Crippen molar-refractivity contribution in [2.75, 3.05) is 17.7 Å². The molecule has 2 heterocycles. The van der Waals surface area contributed by atoms with Crippen LogP contribution in [0.1, 0.15) is 11.5 Å². The summed E-state index contributed by atoms with van der Waals surface area (Å²) in [5.41, 5.74) is 0. The minimum absolute atomic E-state index is 0.575. The van der Waals surface area contributed by atoms with E-state index < -0.39 is 0 Å². The van der Waals surface area contributed by atoms with Gasteiger partial charge in [0.1, 0.15) is 17.3 Å². The number of anilines is 2. The summed E-state index contributed by atoms with van der Waals surface area (Å²) in [5.74, 6) is 3.09. The van der Waals surface area contributed by atoms with Gasteiger partial charge in [0.2, 0.25) is 5.95 Å². The second-order valence-corrected chi connectivity index (χ2v) is 4.36. The van der Waals surface area contributed by atoms with Crippen LogP contribution >= 0.6 is 15.9 Å². The number of hydrogen-bond acceptors (Lipinski definition) is 5. The molecule has 0 fully saturated rings. The van der Waals surface area contributed by atoms with Crippen molar-refractivity contribution in [2.24, 2.45) is 0 Å². The van der Waals surface area contributed by atoms with Crippen LogP contribution in [-0.4, -0.2) is 17.0 Å². The van der Waals surface area contributed by atoms with Crippen molar-refractivity contribution >= 4 is 27.7 Å². The van der Waals surface area contributed by atoms with Crippen LogP contribution in [0.15, 0.2) is 27.2 Å². The topological polar surface area (TPSA) is 63.0 Å². The minimum Gasteiger partial charge on any atom is -0.465 e. The highest BCUT2D eigenvalue weighted by Gasteiger charge is 2.05. The zero-order chi connectivity index (χ0) is 12.3. The molecule has 0 amide bonds. The maximum atomic E-state index is 5.46. The van der Waals surface area contributed by atoms with Gasteiger partial charge in [-0.15, -0.1) is 0 Å². The zero-order valence-corrected chi connectivity index (χ0v) is 11.2. The summed E-state index contributed by atoms with van der Waals surface area (Å²) in [5, 5.41) is 6.08. The van der Waals surface area contributed by atoms with Crippen LogP contribution in [0.3, 0.4) is 0 Å². The van der Waals surface area contributed by atoms with Gasteiger partial charge in [0.25, 0.3) is 0 Å². The van der Waals surface area contributed by atoms with Crippen LogP contribution in [0.5, 0.6) is 0 Å². The van der Waals surface area contributed by atoms with Gasteiger partial charge in [-0.1, -0.05) is 0 Å². The first kappa shape index (κ1) is 11.9. The zero-order valence-electron chi connectivity index (χ0n) is 9.62. The maximum absolute atomic E-state index is 5.46. The Morgan fingerprint density at radius 1 is 1.41 bits per heavy atom. The van der Waals surface area contributed by atoms with Crippen LogP contribution in [0, 0.1) is 6.92 Å². The van der Waals surface area contributed by atoms with Gasteiger partial charge in [-0.05, 0) is 35.0 Å². The highest BCUT2D eigenvalue weighted by atomic mass is 79.9. The molecule has 0 atom stereocenters. The number of nitrogens with zero attached hydrogens (tertiary/aromatic N) is 2. The molecule has 2 aromatic heterocycles. The van der Waals surface area contributed by atoms with Crippen LogP contribution in [0.2, 0.25) is 0 Å². The second kappa shape index (κ2) is 5.18. The first-order chi connectivity index (χ1) is 8.19. The Balaban J connectivity index is 2.07. The van der Waals surface area contributed by atoms with Gasteiger partial charge >= 0.3 is 0 Å². The van der Waals surface area contributed by atoms with Crippen molar-refractivity contribution in [3.8, 4) is 0 Å². The predicted molar refractivity (Wildman–Crippen MR) is 70.1 cm³/mol. The molecule has 2 rings (SSSR count). The van der Waals surface area contributed by atoms with Gasteiger partial charge < -0.3 is 15.1 Å². The molecule has 0 unspecified atom stereocenters. The monoisotopic (exact) mass is 296 g/mol. The average molecular weight is 297 g/mol. The minimum atomic E-state index is 0.575. The van der Waals surface area contributed by atoms with Crippen molar-refractivity contribution in [1.29, 1.82) is 0 Å². The highest BCUT2D eigenvalue weighted by molar-refractivity contribution is 9.10. The Labute approximate surface area is 108 Å². The van der Waals surface area contributed by atoms with Crippen molar-refractivity contribution < 1.29 is 4.42 Å². The van der Waals surface area contributed by atoms with Crippen molar-refractivity contribution in [2.45, 2.75) is 13.5 Å². The fourth-order valence-electron chi connectivity index (χ4n) is 1.36. The molecule has 0 saturated heterocycles. The molecule has 0 aromatic carbocycles. The number of rotatable bonds is 4. The standard InChI is InChI=1S/C11H13BrN4O/c1-7-3-4-8(17-7)5-14-10-9(12)6-15-11(13-2)16-10/h3-4,6H,5H2,1-2H3,(H2,13,14,15,16). The van der Waals surface area contributed by atoms with Crippen molar-refractivity contribution in [3.63, 3.8) is 0 Å². The molecule has 0 bridgehead atoms. The van der Waals surface area contributed by atoms with Crippen LogP contribution in [-0.2, 0) is 6.54 Å². The number of furan rings is 1. The molecule has 5 nitrogen and oxygen atoms in total. The van der Waals surface area contributed by atoms with Gasteiger partial charge in [0.15, 0.2) is 0 Å². The molecular formula is C11H13BrN4O. The molecule has 17 heavy (non-hydrogen) atoms. The van der Waals surface area contributed by atoms with E-state index in [0.29, 0.717) is 12.5 Å². The SMILES string of the molecule is CNc1ncc(Br)c(NCc2ccc(C)o2)n1. The van der Waals surface area contributed by atoms with Crippen molar-refractivity contribution in [1.82, 2.24) is 9.97 Å². The Hall–Kier alpha value is -1.56. The highest BCUT2D eigenvalue weighted by Crippen LogP contribution is 2.20. The molecule has 0 spiro atoms. The Bertz CT molecular complexity index is 512. The largest absolute Gasteiger partial charge is 0.465 e. The molecule has 2 aromatic rings. The number of nitrogens with one attached hydrogen (secondary N) is 2. The Morgan fingerprint density at radius 2 is 2.24 bits per heavy atom. The number of aryl methyl sites for hydroxylation is 1. The van der Waals surface area contributed by atoms with Gasteiger partial charge in [-0.3, -0.25) is 0 Å². The van der Waals surface area contributed by atoms with E-state index in [1.54, 1.807) is 13.2 Å². The molecule has 90 valence electrons. The van der Waals surface area contributed by atoms with E-state index >= 15 is 0 Å². The third kappa shape index (κ3) is 2.97. The van der Waals surface area contributed by atoms with Gasteiger partial charge in [-0.2, -0.15) is 4.98 Å². The van der Waals surface area contributed by atoms with Crippen LogP contribution < -0.4 is 10.6 Å². The summed E-state index contributed by atoms with van der Waals surface area (Å²) in [4.78, 5) is 8.37. The smallest absolute Gasteiger partial charge is 0.224 e. The lowest BCUT2D eigenvalue weighted by atomic mass is 10.4. The molecule has 0 aliphatic heterocycles. The Morgan fingerprint density at radius 3 is 2.88 bits per heavy atom. The fraction of sp³-hybridized carbons (Fsp3) is 0.273. The molecule has 6 heteroatoms. The summed E-state index contributed by atoms with van der Waals surface area (Å²) in [6.45, 7) is 2.51. The van der Waals surface area contributed by atoms with E-state index in [0.717, 1.165) is 21.8 Å². The third-order valence-corrected chi connectivity index (χ3v) is 2.77. The number of aromatic nitrogens is 2. The van der Waals surface area contributed by atoms with E-state index in [2.05, 4.69) is 36.5 Å². The summed E-state index contributed by atoms with van der Waals surface area (Å²) >= 11 is 3.39. The van der Waals surface area contributed by atoms with E-state index in [1.807, 2.05) is 19.1 Å². The molecule has 0 saturated carbocycles. The lowest BCUT2D eigenvalue weighted by Crippen LogP contribution is -2.04. The molecule has 0 aliphatic rings. The molecule has 2 N–H and O–H groups in total. The molecule has 0 aliphatic carbocycles. The van der Waals surface area contributed by atoms with E-state index in [4.69, 9.17) is 4.42 Å². The number of halogens is 1. The average Bonchev–Trinajstić information content (AvgIpc) is 2.74. The first-order valence-corrected chi connectivity index (χ1v) is 5.98. The second-order valence-electron chi connectivity index (χ2n) is 3.51. The Kier molecular flexibility index (Phi) is 3.63. The van der Waals surface area contributed by atoms with Gasteiger partial charge in [0.05, 0.1) is 11.0 Å². The first-order valence-electron chi connectivity index (χ1n) is 5.18. The summed E-state index contributed by atoms with van der Waals surface area (Å²) < 4.78 is 6.28. The lowest BCUT2D eigenvalue weighted by Gasteiger charge is -2.07. The van der Waals surface area contributed by atoms with E-state index in [-0.39, 0.29) is 0 Å². The fourth-order valence-corrected chi connectivity index (χ4v) is 1.69. The van der Waals surface area contributed by atoms with E-state index in [9.17, 15) is 0 Å². The van der Waals surface area contributed by atoms with Crippen molar-refractivity contribution in [3.05, 3.63) is 34.3 Å². The maximum Gasteiger partial charge on any atom is 0.224 e. The summed E-state index contributed by atoms with van der Waals surface area (Å²) in [6.07, 6.45) is 1.70. The van der Waals surface area contributed by atoms with Crippen LogP contribution in [0.25, 0.3) is 0 Å². The molecular weight excluding hydrogens is 284 g/mol. The normalized spacial score (nSPS) is 10.3. The molecule has 0 radical (unpaired) electrons. The summed E-state index contributed by atoms with van der Waals surface area (Å²) in [6, 6.07) is 3.88. The lowest BCUT2D eigenvalue weighted by molar-refractivity contribution is 0.490. The number of hydrogen-bond donors (Lipinski definition) is 2. The van der Waals surface area contributed by atoms with E-state index in [1.165, 1.54) is 0 Å². The third-order valence-electron chi connectivity index (χ3n) is 2.19. The van der Waals surface area contributed by atoms with Gasteiger partial charge in [0, 0.05) is 13.2 Å².